The largest absolute Gasteiger partial charge is 1.00 e. The Bertz CT molecular complexity index is 997. The number of quaternary nitrogens is 1. The number of halogens is 1. The monoisotopic (exact) mass is 476 g/mol. The van der Waals surface area contributed by atoms with Crippen LogP contribution < -0.4 is 12.4 Å². The van der Waals surface area contributed by atoms with Crippen molar-refractivity contribution < 1.29 is 26.9 Å². The number of thiophene rings is 2. The Morgan fingerprint density at radius 2 is 1.65 bits per heavy atom. The van der Waals surface area contributed by atoms with E-state index in [-0.39, 0.29) is 28.9 Å². The molecular formula is C23H25ClN2O3S2. The minimum absolute atomic E-state index is 0. The van der Waals surface area contributed by atoms with Crippen LogP contribution >= 0.6 is 22.7 Å². The number of piperidine rings is 3. The van der Waals surface area contributed by atoms with Crippen molar-refractivity contribution in [1.29, 1.82) is 0 Å². The van der Waals surface area contributed by atoms with E-state index in [1.54, 1.807) is 34.8 Å². The fraction of sp³-hybridized carbons (Fsp3) is 0.391. The average molecular weight is 477 g/mol. The summed E-state index contributed by atoms with van der Waals surface area (Å²) in [6, 6.07) is 15.3. The first-order valence-corrected chi connectivity index (χ1v) is 12.2. The van der Waals surface area contributed by atoms with E-state index < -0.39 is 5.60 Å². The van der Waals surface area contributed by atoms with Crippen LogP contribution in [-0.2, 0) is 12.1 Å². The van der Waals surface area contributed by atoms with Gasteiger partial charge in [0.1, 0.15) is 12.1 Å². The topological polar surface area (TPSA) is 63.4 Å². The summed E-state index contributed by atoms with van der Waals surface area (Å²) in [7, 11) is 0. The molecule has 0 radical (unpaired) electrons. The lowest BCUT2D eigenvalue weighted by molar-refractivity contribution is -0.960. The first kappa shape index (κ1) is 22.4. The first-order chi connectivity index (χ1) is 14.5. The van der Waals surface area contributed by atoms with Crippen molar-refractivity contribution in [2.24, 2.45) is 11.8 Å². The lowest BCUT2D eigenvalue weighted by Crippen LogP contribution is -3.00. The number of nitro benzene ring substituents is 1. The van der Waals surface area contributed by atoms with Crippen LogP contribution in [0.3, 0.4) is 0 Å². The Labute approximate surface area is 196 Å². The van der Waals surface area contributed by atoms with Gasteiger partial charge in [-0.1, -0.05) is 24.3 Å². The van der Waals surface area contributed by atoms with Crippen molar-refractivity contribution in [2.45, 2.75) is 25.0 Å². The molecule has 3 fully saturated rings. The fourth-order valence-electron chi connectivity index (χ4n) is 5.64. The highest BCUT2D eigenvalue weighted by Gasteiger charge is 2.56. The van der Waals surface area contributed by atoms with E-state index in [0.717, 1.165) is 52.3 Å². The molecule has 3 aromatic rings. The summed E-state index contributed by atoms with van der Waals surface area (Å²) in [6.07, 6.45) is 2.12. The van der Waals surface area contributed by atoms with Gasteiger partial charge in [0, 0.05) is 28.7 Å². The normalized spacial score (nSPS) is 25.2. The average Bonchev–Trinajstić information content (AvgIpc) is 3.49. The molecule has 1 aromatic carbocycles. The zero-order chi connectivity index (χ0) is 20.8. The van der Waals surface area contributed by atoms with Crippen LogP contribution in [0.2, 0.25) is 0 Å². The van der Waals surface area contributed by atoms with Gasteiger partial charge in [0.05, 0.1) is 36.0 Å². The van der Waals surface area contributed by atoms with E-state index >= 15 is 0 Å². The summed E-state index contributed by atoms with van der Waals surface area (Å²) in [5.41, 5.74) is 0.0263. The van der Waals surface area contributed by atoms with Crippen molar-refractivity contribution >= 4 is 28.4 Å². The zero-order valence-electron chi connectivity index (χ0n) is 17.0. The highest BCUT2D eigenvalue weighted by Crippen LogP contribution is 2.51. The molecule has 0 aliphatic carbocycles. The van der Waals surface area contributed by atoms with Gasteiger partial charge in [-0.3, -0.25) is 10.1 Å². The second kappa shape index (κ2) is 8.64. The highest BCUT2D eigenvalue weighted by molar-refractivity contribution is 7.11. The van der Waals surface area contributed by atoms with Gasteiger partial charge in [-0.15, -0.1) is 22.7 Å². The van der Waals surface area contributed by atoms with E-state index in [2.05, 4.69) is 0 Å². The lowest BCUT2D eigenvalue weighted by atomic mass is 9.67. The molecule has 3 aliphatic heterocycles. The van der Waals surface area contributed by atoms with Crippen LogP contribution in [0.1, 0.15) is 28.2 Å². The lowest BCUT2D eigenvalue weighted by Gasteiger charge is -2.56. The molecule has 1 atom stereocenters. The van der Waals surface area contributed by atoms with Gasteiger partial charge < -0.3 is 22.0 Å². The molecule has 31 heavy (non-hydrogen) atoms. The Hall–Kier alpha value is -1.77. The van der Waals surface area contributed by atoms with Gasteiger partial charge in [-0.25, -0.2) is 0 Å². The van der Waals surface area contributed by atoms with Gasteiger partial charge in [0.25, 0.3) is 5.69 Å². The number of benzene rings is 1. The number of para-hydroxylation sites is 1. The molecule has 8 heteroatoms. The summed E-state index contributed by atoms with van der Waals surface area (Å²) in [5.74, 6) is 0.588. The van der Waals surface area contributed by atoms with E-state index in [4.69, 9.17) is 0 Å². The van der Waals surface area contributed by atoms with Gasteiger partial charge in [-0.2, -0.15) is 0 Å². The smallest absolute Gasteiger partial charge is 0.278 e. The summed E-state index contributed by atoms with van der Waals surface area (Å²) >= 11 is 3.24. The van der Waals surface area contributed by atoms with Gasteiger partial charge in [0.15, 0.2) is 0 Å². The maximum absolute atomic E-state index is 12.2. The number of fused-ring (bicyclic) bond motifs is 3. The fourth-order valence-corrected chi connectivity index (χ4v) is 7.51. The van der Waals surface area contributed by atoms with Crippen LogP contribution in [-0.4, -0.2) is 34.1 Å². The third-order valence-electron chi connectivity index (χ3n) is 7.13. The molecule has 2 bridgehead atoms. The third kappa shape index (κ3) is 3.83. The Kier molecular flexibility index (Phi) is 6.25. The van der Waals surface area contributed by atoms with Crippen LogP contribution in [0, 0.1) is 22.0 Å². The van der Waals surface area contributed by atoms with Crippen molar-refractivity contribution in [3.63, 3.8) is 0 Å². The SMILES string of the molecule is O=[N+]([O-])c1ccccc1C[N+]12CCC(CC1)C(C(O)(c1cccs1)c1cccs1)C2.[Cl-]. The quantitative estimate of drug-likeness (QED) is 0.336. The second-order valence-corrected chi connectivity index (χ2v) is 10.6. The van der Waals surface area contributed by atoms with Crippen molar-refractivity contribution in [3.05, 3.63) is 84.7 Å². The van der Waals surface area contributed by atoms with E-state index in [9.17, 15) is 15.2 Å². The predicted octanol–water partition coefficient (Wildman–Crippen LogP) is 2.01. The van der Waals surface area contributed by atoms with E-state index in [1.807, 2.05) is 47.2 Å². The minimum atomic E-state index is -0.986. The molecular weight excluding hydrogens is 452 g/mol. The number of hydrogen-bond acceptors (Lipinski definition) is 5. The van der Waals surface area contributed by atoms with Crippen LogP contribution in [0.5, 0.6) is 0 Å². The van der Waals surface area contributed by atoms with Crippen LogP contribution in [0.4, 0.5) is 5.69 Å². The maximum atomic E-state index is 12.2. The van der Waals surface area contributed by atoms with Crippen molar-refractivity contribution in [1.82, 2.24) is 0 Å². The number of nitrogens with zero attached hydrogens (tertiary/aromatic N) is 2. The zero-order valence-corrected chi connectivity index (χ0v) is 19.4. The summed E-state index contributed by atoms with van der Waals surface area (Å²) in [4.78, 5) is 13.3. The van der Waals surface area contributed by atoms with Crippen LogP contribution in [0.25, 0.3) is 0 Å². The first-order valence-electron chi connectivity index (χ1n) is 10.4. The summed E-state index contributed by atoms with van der Waals surface area (Å²) < 4.78 is 0.824. The Balaban J connectivity index is 0.00000231. The molecule has 0 amide bonds. The molecule has 0 spiro atoms. The molecule has 1 N–H and O–H groups in total. The molecule has 164 valence electrons. The summed E-state index contributed by atoms with van der Waals surface area (Å²) in [5, 5.41) is 27.8. The van der Waals surface area contributed by atoms with Crippen LogP contribution in [0.15, 0.2) is 59.3 Å². The van der Waals surface area contributed by atoms with E-state index in [0.29, 0.717) is 12.5 Å². The van der Waals surface area contributed by atoms with Gasteiger partial charge >= 0.3 is 0 Å². The standard InChI is InChI=1S/C23H25N2O3S2.ClH/c26-23(21-7-3-13-29-21,22-8-4-14-30-22)19-16-25(11-9-17(19)10-12-25)15-18-5-1-2-6-20(18)24(27)28;/h1-8,13-14,17,19,26H,9-12,15-16H2;1H/q+1;/p-1. The number of aliphatic hydroxyl groups is 1. The number of nitro groups is 1. The molecule has 6 rings (SSSR count). The molecule has 1 unspecified atom stereocenters. The van der Waals surface area contributed by atoms with Crippen molar-refractivity contribution in [3.8, 4) is 0 Å². The minimum Gasteiger partial charge on any atom is -1.00 e. The molecule has 5 nitrogen and oxygen atoms in total. The summed E-state index contributed by atoms with van der Waals surface area (Å²) in [6.45, 7) is 3.56. The molecule has 2 aromatic heterocycles. The molecule has 3 aliphatic rings. The maximum Gasteiger partial charge on any atom is 0.278 e. The Morgan fingerprint density at radius 1 is 1.03 bits per heavy atom. The van der Waals surface area contributed by atoms with Crippen molar-refractivity contribution in [2.75, 3.05) is 19.6 Å². The molecule has 3 saturated heterocycles. The second-order valence-electron chi connectivity index (χ2n) is 8.68. The number of hydrogen-bond donors (Lipinski definition) is 1. The Morgan fingerprint density at radius 3 is 2.19 bits per heavy atom. The van der Waals surface area contributed by atoms with Gasteiger partial charge in [0.2, 0.25) is 0 Å². The third-order valence-corrected chi connectivity index (χ3v) is 9.11. The number of rotatable bonds is 6. The van der Waals surface area contributed by atoms with Gasteiger partial charge in [-0.05, 0) is 34.9 Å². The van der Waals surface area contributed by atoms with E-state index in [1.165, 1.54) is 0 Å². The highest BCUT2D eigenvalue weighted by atomic mass is 35.5. The predicted molar refractivity (Wildman–Crippen MR) is 120 cm³/mol. The molecule has 5 heterocycles. The molecule has 0 saturated carbocycles.